The fourth-order valence-corrected chi connectivity index (χ4v) is 3.89. The lowest BCUT2D eigenvalue weighted by atomic mass is 10.0. The molecule has 2 atom stereocenters. The number of benzene rings is 2. The zero-order valence-electron chi connectivity index (χ0n) is 21.3. The number of rotatable bonds is 16. The minimum Gasteiger partial charge on any atom is -0.494 e. The van der Waals surface area contributed by atoms with E-state index in [1.165, 1.54) is 32.1 Å². The minimum absolute atomic E-state index is 0.105. The lowest BCUT2D eigenvalue weighted by molar-refractivity contribution is -0.148. The zero-order chi connectivity index (χ0) is 23.9. The highest BCUT2D eigenvalue weighted by Crippen LogP contribution is 2.26. The molecule has 2 aromatic rings. The van der Waals surface area contributed by atoms with Crippen LogP contribution in [0.3, 0.4) is 0 Å². The molecule has 0 saturated heterocycles. The van der Waals surface area contributed by atoms with Gasteiger partial charge in [-0.2, -0.15) is 0 Å². The Morgan fingerprint density at radius 3 is 2.03 bits per heavy atom. The Bertz CT molecular complexity index is 779. The summed E-state index contributed by atoms with van der Waals surface area (Å²) in [4.78, 5) is 12.1. The Morgan fingerprint density at radius 1 is 0.788 bits per heavy atom. The van der Waals surface area contributed by atoms with E-state index in [1.807, 2.05) is 19.1 Å². The molecular weight excluding hydrogens is 408 g/mol. The molecule has 0 bridgehead atoms. The number of ether oxygens (including phenoxy) is 2. The summed E-state index contributed by atoms with van der Waals surface area (Å²) in [6, 6.07) is 16.6. The summed E-state index contributed by atoms with van der Waals surface area (Å²) in [5, 5.41) is 0. The van der Waals surface area contributed by atoms with E-state index in [0.29, 0.717) is 12.3 Å². The summed E-state index contributed by atoms with van der Waals surface area (Å²) >= 11 is 0. The number of unbranched alkanes of at least 4 members (excludes halogenated alkanes) is 5. The average Bonchev–Trinajstić information content (AvgIpc) is 2.83. The number of esters is 1. The molecule has 0 N–H and O–H groups in total. The van der Waals surface area contributed by atoms with Crippen LogP contribution in [-0.2, 0) is 9.53 Å². The van der Waals surface area contributed by atoms with Gasteiger partial charge in [-0.3, -0.25) is 4.79 Å². The molecule has 182 valence electrons. The van der Waals surface area contributed by atoms with Crippen molar-refractivity contribution in [2.24, 2.45) is 5.92 Å². The van der Waals surface area contributed by atoms with Gasteiger partial charge in [0.15, 0.2) is 0 Å². The minimum atomic E-state index is -0.229. The van der Waals surface area contributed by atoms with Crippen LogP contribution in [0.15, 0.2) is 48.5 Å². The highest BCUT2D eigenvalue weighted by atomic mass is 16.5. The van der Waals surface area contributed by atoms with Gasteiger partial charge in [-0.1, -0.05) is 102 Å². The van der Waals surface area contributed by atoms with Crippen LogP contribution in [0, 0.1) is 5.92 Å². The molecule has 33 heavy (non-hydrogen) atoms. The van der Waals surface area contributed by atoms with Gasteiger partial charge in [0.1, 0.15) is 11.9 Å². The number of carbonyl (C=O) groups is 1. The van der Waals surface area contributed by atoms with Gasteiger partial charge < -0.3 is 9.47 Å². The first-order valence-corrected chi connectivity index (χ1v) is 13.1. The first-order chi connectivity index (χ1) is 16.0. The van der Waals surface area contributed by atoms with E-state index in [9.17, 15) is 4.79 Å². The van der Waals surface area contributed by atoms with E-state index in [0.717, 1.165) is 54.7 Å². The van der Waals surface area contributed by atoms with Crippen LogP contribution < -0.4 is 4.74 Å². The Kier molecular flexibility index (Phi) is 12.7. The molecule has 0 saturated carbocycles. The van der Waals surface area contributed by atoms with E-state index in [1.54, 1.807) is 0 Å². The van der Waals surface area contributed by atoms with Crippen LogP contribution in [0.5, 0.6) is 5.75 Å². The van der Waals surface area contributed by atoms with Crippen LogP contribution in [0.25, 0.3) is 11.1 Å². The van der Waals surface area contributed by atoms with Crippen LogP contribution in [0.2, 0.25) is 0 Å². The molecule has 0 radical (unpaired) electrons. The maximum Gasteiger partial charge on any atom is 0.306 e. The Labute approximate surface area is 201 Å². The van der Waals surface area contributed by atoms with E-state index in [2.05, 4.69) is 57.2 Å². The summed E-state index contributed by atoms with van der Waals surface area (Å²) in [5.74, 6) is 1.49. The molecule has 3 nitrogen and oxygen atoms in total. The highest BCUT2D eigenvalue weighted by Gasteiger charge is 2.12. The third-order valence-electron chi connectivity index (χ3n) is 6.42. The molecule has 0 fully saturated rings. The SMILES string of the molecule is CCCCCCCCOc1ccc(-c2ccc(C(C)OC(=O)CCCC(C)CC)cc2)cc1. The maximum atomic E-state index is 12.1. The van der Waals surface area contributed by atoms with Crippen LogP contribution in [0.4, 0.5) is 0 Å². The standard InChI is InChI=1S/C30H44O3/c1-5-7-8-9-10-11-23-32-29-21-19-28(20-22-29)27-17-15-26(16-18-27)25(4)33-30(31)14-12-13-24(3)6-2/h15-22,24-25H,5-14,23H2,1-4H3. The van der Waals surface area contributed by atoms with Gasteiger partial charge >= 0.3 is 5.97 Å². The van der Waals surface area contributed by atoms with Gasteiger partial charge in [-0.25, -0.2) is 0 Å². The highest BCUT2D eigenvalue weighted by molar-refractivity contribution is 5.70. The van der Waals surface area contributed by atoms with Gasteiger partial charge in [0.2, 0.25) is 0 Å². The monoisotopic (exact) mass is 452 g/mol. The van der Waals surface area contributed by atoms with Gasteiger partial charge in [-0.15, -0.1) is 0 Å². The molecule has 0 aliphatic heterocycles. The van der Waals surface area contributed by atoms with Crippen molar-refractivity contribution < 1.29 is 14.3 Å². The summed E-state index contributed by atoms with van der Waals surface area (Å²) in [7, 11) is 0. The first kappa shape index (κ1) is 27.0. The first-order valence-electron chi connectivity index (χ1n) is 13.1. The molecular formula is C30H44O3. The fourth-order valence-electron chi connectivity index (χ4n) is 3.89. The van der Waals surface area contributed by atoms with Crippen LogP contribution in [-0.4, -0.2) is 12.6 Å². The average molecular weight is 453 g/mol. The van der Waals surface area contributed by atoms with E-state index >= 15 is 0 Å². The van der Waals surface area contributed by atoms with Crippen molar-refractivity contribution >= 4 is 5.97 Å². The predicted molar refractivity (Wildman–Crippen MR) is 139 cm³/mol. The molecule has 0 aliphatic carbocycles. The van der Waals surface area contributed by atoms with Crippen molar-refractivity contribution in [1.82, 2.24) is 0 Å². The third-order valence-corrected chi connectivity index (χ3v) is 6.42. The molecule has 0 amide bonds. The maximum absolute atomic E-state index is 12.1. The molecule has 0 aromatic heterocycles. The molecule has 3 heteroatoms. The predicted octanol–water partition coefficient (Wildman–Crippen LogP) is 8.91. The van der Waals surface area contributed by atoms with Crippen molar-refractivity contribution in [3.63, 3.8) is 0 Å². The van der Waals surface area contributed by atoms with E-state index in [4.69, 9.17) is 9.47 Å². The topological polar surface area (TPSA) is 35.5 Å². The second-order valence-corrected chi connectivity index (χ2v) is 9.30. The van der Waals surface area contributed by atoms with Crippen LogP contribution in [0.1, 0.15) is 104 Å². The van der Waals surface area contributed by atoms with Crippen molar-refractivity contribution in [1.29, 1.82) is 0 Å². The second kappa shape index (κ2) is 15.5. The summed E-state index contributed by atoms with van der Waals surface area (Å²) < 4.78 is 11.5. The molecule has 2 unspecified atom stereocenters. The molecule has 2 rings (SSSR count). The summed E-state index contributed by atoms with van der Waals surface area (Å²) in [5.41, 5.74) is 3.32. The third kappa shape index (κ3) is 10.5. The van der Waals surface area contributed by atoms with Crippen molar-refractivity contribution in [2.45, 2.75) is 98.0 Å². The largest absolute Gasteiger partial charge is 0.494 e. The van der Waals surface area contributed by atoms with E-state index in [-0.39, 0.29) is 12.1 Å². The quantitative estimate of drug-likeness (QED) is 0.188. The normalized spacial score (nSPS) is 12.8. The molecule has 0 spiro atoms. The van der Waals surface area contributed by atoms with Gasteiger partial charge in [0.05, 0.1) is 6.61 Å². The van der Waals surface area contributed by atoms with Crippen molar-refractivity contribution in [3.8, 4) is 16.9 Å². The molecule has 2 aromatic carbocycles. The second-order valence-electron chi connectivity index (χ2n) is 9.30. The molecule has 0 heterocycles. The zero-order valence-corrected chi connectivity index (χ0v) is 21.3. The summed E-state index contributed by atoms with van der Waals surface area (Å²) in [6.07, 6.45) is 11.0. The Balaban J connectivity index is 1.76. The Hall–Kier alpha value is -2.29. The van der Waals surface area contributed by atoms with Crippen LogP contribution >= 0.6 is 0 Å². The lowest BCUT2D eigenvalue weighted by Crippen LogP contribution is -2.09. The van der Waals surface area contributed by atoms with Gasteiger partial charge in [-0.05, 0) is 54.5 Å². The lowest BCUT2D eigenvalue weighted by Gasteiger charge is -2.15. The molecule has 0 aliphatic rings. The fraction of sp³-hybridized carbons (Fsp3) is 0.567. The number of hydrogen-bond acceptors (Lipinski definition) is 3. The number of carbonyl (C=O) groups excluding carboxylic acids is 1. The van der Waals surface area contributed by atoms with E-state index < -0.39 is 0 Å². The van der Waals surface area contributed by atoms with Crippen molar-refractivity contribution in [2.75, 3.05) is 6.61 Å². The summed E-state index contributed by atoms with van der Waals surface area (Å²) in [6.45, 7) is 9.39. The Morgan fingerprint density at radius 2 is 1.39 bits per heavy atom. The number of hydrogen-bond donors (Lipinski definition) is 0. The van der Waals surface area contributed by atoms with Gasteiger partial charge in [0.25, 0.3) is 0 Å². The van der Waals surface area contributed by atoms with Crippen molar-refractivity contribution in [3.05, 3.63) is 54.1 Å². The van der Waals surface area contributed by atoms with Gasteiger partial charge in [0, 0.05) is 6.42 Å². The smallest absolute Gasteiger partial charge is 0.306 e.